The summed E-state index contributed by atoms with van der Waals surface area (Å²) < 4.78 is 0. The van der Waals surface area contributed by atoms with Gasteiger partial charge in [0.05, 0.1) is 11.3 Å². The zero-order chi connectivity index (χ0) is 15.8. The van der Waals surface area contributed by atoms with Crippen LogP contribution in [0, 0.1) is 12.8 Å². The average molecular weight is 292 g/mol. The number of carboxylic acids is 1. The van der Waals surface area contributed by atoms with Crippen LogP contribution in [0.3, 0.4) is 0 Å². The first-order valence-corrected chi connectivity index (χ1v) is 7.29. The van der Waals surface area contributed by atoms with Crippen LogP contribution in [0.15, 0.2) is 18.2 Å². The van der Waals surface area contributed by atoms with Gasteiger partial charge in [-0.1, -0.05) is 38.8 Å². The fourth-order valence-corrected chi connectivity index (χ4v) is 2.10. The van der Waals surface area contributed by atoms with Crippen LogP contribution in [0.1, 0.15) is 49.0 Å². The molecule has 0 aliphatic carbocycles. The molecule has 0 heterocycles. The lowest BCUT2D eigenvalue weighted by molar-refractivity contribution is 0.0697. The quantitative estimate of drug-likeness (QED) is 0.671. The Kier molecular flexibility index (Phi) is 6.72. The van der Waals surface area contributed by atoms with Crippen molar-refractivity contribution in [2.75, 3.05) is 11.9 Å². The van der Waals surface area contributed by atoms with Crippen molar-refractivity contribution < 1.29 is 14.7 Å². The maximum absolute atomic E-state index is 11.8. The highest BCUT2D eigenvalue weighted by Gasteiger charge is 2.14. The molecule has 0 unspecified atom stereocenters. The number of hydrogen-bond acceptors (Lipinski definition) is 2. The van der Waals surface area contributed by atoms with Crippen molar-refractivity contribution in [3.63, 3.8) is 0 Å². The van der Waals surface area contributed by atoms with Crippen molar-refractivity contribution in [1.82, 2.24) is 5.32 Å². The van der Waals surface area contributed by atoms with Crippen LogP contribution in [-0.2, 0) is 0 Å². The first-order chi connectivity index (χ1) is 9.91. The number of benzene rings is 1. The maximum atomic E-state index is 11.8. The number of hydrogen-bond donors (Lipinski definition) is 3. The van der Waals surface area contributed by atoms with Gasteiger partial charge in [0.25, 0.3) is 0 Å². The zero-order valence-corrected chi connectivity index (χ0v) is 12.9. The van der Waals surface area contributed by atoms with E-state index in [0.29, 0.717) is 23.7 Å². The van der Waals surface area contributed by atoms with Crippen LogP contribution in [0.5, 0.6) is 0 Å². The molecule has 1 rings (SSSR count). The minimum Gasteiger partial charge on any atom is -0.478 e. The molecule has 116 valence electrons. The minimum atomic E-state index is -1.04. The molecule has 0 radical (unpaired) electrons. The number of unbranched alkanes of at least 4 members (excludes halogenated alkanes) is 1. The number of aryl methyl sites for hydroxylation is 1. The smallest absolute Gasteiger partial charge is 0.338 e. The molecule has 2 amide bonds. The summed E-state index contributed by atoms with van der Waals surface area (Å²) in [4.78, 5) is 23.0. The summed E-state index contributed by atoms with van der Waals surface area (Å²) in [5, 5.41) is 14.5. The SMILES string of the molecule is Cc1cccc(NC(=O)NCCCCC(C)C)c1C(=O)O. The van der Waals surface area contributed by atoms with Gasteiger partial charge < -0.3 is 15.7 Å². The molecular formula is C16H24N2O3. The molecule has 0 aromatic heterocycles. The zero-order valence-electron chi connectivity index (χ0n) is 12.9. The Bertz CT molecular complexity index is 498. The monoisotopic (exact) mass is 292 g/mol. The lowest BCUT2D eigenvalue weighted by Crippen LogP contribution is -2.30. The molecule has 21 heavy (non-hydrogen) atoms. The van der Waals surface area contributed by atoms with Gasteiger partial charge in [0.15, 0.2) is 0 Å². The van der Waals surface area contributed by atoms with E-state index in [1.54, 1.807) is 25.1 Å². The molecule has 0 aliphatic heterocycles. The van der Waals surface area contributed by atoms with E-state index in [1.165, 1.54) is 0 Å². The number of carboxylic acid groups (broad SMARTS) is 1. The van der Waals surface area contributed by atoms with Gasteiger partial charge in [0.2, 0.25) is 0 Å². The fourth-order valence-electron chi connectivity index (χ4n) is 2.10. The number of amides is 2. The van der Waals surface area contributed by atoms with Gasteiger partial charge in [0.1, 0.15) is 0 Å². The molecule has 0 saturated carbocycles. The van der Waals surface area contributed by atoms with E-state index in [4.69, 9.17) is 0 Å². The summed E-state index contributed by atoms with van der Waals surface area (Å²) in [7, 11) is 0. The standard InChI is InChI=1S/C16H24N2O3/c1-11(2)7-4-5-10-17-16(21)18-13-9-6-8-12(3)14(13)15(19)20/h6,8-9,11H,4-5,7,10H2,1-3H3,(H,19,20)(H2,17,18,21). The highest BCUT2D eigenvalue weighted by Crippen LogP contribution is 2.19. The topological polar surface area (TPSA) is 78.4 Å². The molecule has 0 saturated heterocycles. The number of rotatable bonds is 7. The number of carbonyl (C=O) groups is 2. The van der Waals surface area contributed by atoms with Crippen LogP contribution < -0.4 is 10.6 Å². The first kappa shape index (κ1) is 17.0. The molecule has 1 aromatic carbocycles. The normalized spacial score (nSPS) is 10.5. The number of anilines is 1. The van der Waals surface area contributed by atoms with Gasteiger partial charge in [0, 0.05) is 6.54 Å². The van der Waals surface area contributed by atoms with E-state index in [9.17, 15) is 14.7 Å². The van der Waals surface area contributed by atoms with E-state index < -0.39 is 5.97 Å². The van der Waals surface area contributed by atoms with Gasteiger partial charge >= 0.3 is 12.0 Å². The van der Waals surface area contributed by atoms with Crippen LogP contribution in [0.2, 0.25) is 0 Å². The van der Waals surface area contributed by atoms with Crippen LogP contribution >= 0.6 is 0 Å². The average Bonchev–Trinajstić information content (AvgIpc) is 2.37. The van der Waals surface area contributed by atoms with E-state index >= 15 is 0 Å². The lowest BCUT2D eigenvalue weighted by atomic mass is 10.1. The predicted octanol–water partition coefficient (Wildman–Crippen LogP) is 3.64. The van der Waals surface area contributed by atoms with Crippen LogP contribution in [-0.4, -0.2) is 23.7 Å². The van der Waals surface area contributed by atoms with Crippen molar-refractivity contribution in [3.05, 3.63) is 29.3 Å². The number of urea groups is 1. The maximum Gasteiger partial charge on any atom is 0.338 e. The Morgan fingerprint density at radius 1 is 1.24 bits per heavy atom. The molecule has 3 N–H and O–H groups in total. The van der Waals surface area contributed by atoms with E-state index in [1.807, 2.05) is 0 Å². The van der Waals surface area contributed by atoms with Gasteiger partial charge in [-0.25, -0.2) is 9.59 Å². The molecule has 5 nitrogen and oxygen atoms in total. The van der Waals surface area contributed by atoms with Crippen molar-refractivity contribution in [2.24, 2.45) is 5.92 Å². The predicted molar refractivity (Wildman–Crippen MR) is 83.8 cm³/mol. The van der Waals surface area contributed by atoms with Crippen molar-refractivity contribution in [2.45, 2.75) is 40.0 Å². The summed E-state index contributed by atoms with van der Waals surface area (Å²) >= 11 is 0. The first-order valence-electron chi connectivity index (χ1n) is 7.29. The molecule has 0 spiro atoms. The third kappa shape index (κ3) is 5.85. The number of carbonyl (C=O) groups excluding carboxylic acids is 1. The second kappa shape index (κ2) is 8.29. The Hall–Kier alpha value is -2.04. The van der Waals surface area contributed by atoms with Gasteiger partial charge in [-0.2, -0.15) is 0 Å². The third-order valence-electron chi connectivity index (χ3n) is 3.23. The van der Waals surface area contributed by atoms with E-state index in [0.717, 1.165) is 19.3 Å². The molecule has 5 heteroatoms. The fraction of sp³-hybridized carbons (Fsp3) is 0.500. The van der Waals surface area contributed by atoms with Crippen molar-refractivity contribution in [1.29, 1.82) is 0 Å². The summed E-state index contributed by atoms with van der Waals surface area (Å²) in [6.07, 6.45) is 3.14. The largest absolute Gasteiger partial charge is 0.478 e. The van der Waals surface area contributed by atoms with Gasteiger partial charge in [-0.05, 0) is 30.9 Å². The summed E-state index contributed by atoms with van der Waals surface area (Å²) in [5.74, 6) is -0.371. The summed E-state index contributed by atoms with van der Waals surface area (Å²) in [6, 6.07) is 4.65. The molecule has 0 fully saturated rings. The number of nitrogens with one attached hydrogen (secondary N) is 2. The Balaban J connectivity index is 2.48. The molecule has 1 aromatic rings. The van der Waals surface area contributed by atoms with E-state index in [2.05, 4.69) is 24.5 Å². The molecular weight excluding hydrogens is 268 g/mol. The van der Waals surface area contributed by atoms with Crippen LogP contribution in [0.25, 0.3) is 0 Å². The minimum absolute atomic E-state index is 0.132. The lowest BCUT2D eigenvalue weighted by Gasteiger charge is -2.11. The van der Waals surface area contributed by atoms with Gasteiger partial charge in [-0.15, -0.1) is 0 Å². The molecule has 0 aliphatic rings. The Morgan fingerprint density at radius 2 is 1.95 bits per heavy atom. The van der Waals surface area contributed by atoms with Crippen LogP contribution in [0.4, 0.5) is 10.5 Å². The highest BCUT2D eigenvalue weighted by atomic mass is 16.4. The Labute approximate surface area is 125 Å². The molecule has 0 bridgehead atoms. The third-order valence-corrected chi connectivity index (χ3v) is 3.23. The van der Waals surface area contributed by atoms with E-state index in [-0.39, 0.29) is 11.6 Å². The summed E-state index contributed by atoms with van der Waals surface area (Å²) in [5.41, 5.74) is 1.08. The Morgan fingerprint density at radius 3 is 2.57 bits per heavy atom. The van der Waals surface area contributed by atoms with Crippen molar-refractivity contribution in [3.8, 4) is 0 Å². The second-order valence-corrected chi connectivity index (χ2v) is 5.57. The molecule has 0 atom stereocenters. The van der Waals surface area contributed by atoms with Crippen molar-refractivity contribution >= 4 is 17.7 Å². The van der Waals surface area contributed by atoms with Gasteiger partial charge in [-0.3, -0.25) is 0 Å². The number of aromatic carboxylic acids is 1. The summed E-state index contributed by atoms with van der Waals surface area (Å²) in [6.45, 7) is 6.64. The second-order valence-electron chi connectivity index (χ2n) is 5.57. The highest BCUT2D eigenvalue weighted by molar-refractivity contribution is 6.01.